The summed E-state index contributed by atoms with van der Waals surface area (Å²) in [6.07, 6.45) is 7.14. The maximum absolute atomic E-state index is 12.4. The predicted molar refractivity (Wildman–Crippen MR) is 105 cm³/mol. The van der Waals surface area contributed by atoms with Crippen LogP contribution in [0.5, 0.6) is 0 Å². The maximum Gasteiger partial charge on any atom is 0.325 e. The van der Waals surface area contributed by atoms with E-state index in [4.69, 9.17) is 0 Å². The summed E-state index contributed by atoms with van der Waals surface area (Å²) in [6, 6.07) is 1.86. The Morgan fingerprint density at radius 1 is 1.04 bits per heavy atom. The van der Waals surface area contributed by atoms with Gasteiger partial charge in [0, 0.05) is 32.1 Å². The third-order valence-electron chi connectivity index (χ3n) is 5.62. The standard InChI is InChI=1S/C21H29N3O3/c1-3-24(14(2)25)12-6-11-19(26)22-21(27)23-20-17-9-4-7-15(17)13-16-8-5-10-18(16)20/h13H,3-12H2,1-2H3,(H2,22,23,26,27). The summed E-state index contributed by atoms with van der Waals surface area (Å²) < 4.78 is 0. The van der Waals surface area contributed by atoms with E-state index < -0.39 is 6.03 Å². The highest BCUT2D eigenvalue weighted by Gasteiger charge is 2.25. The zero-order chi connectivity index (χ0) is 19.4. The van der Waals surface area contributed by atoms with E-state index in [2.05, 4.69) is 16.7 Å². The third kappa shape index (κ3) is 4.49. The number of anilines is 1. The summed E-state index contributed by atoms with van der Waals surface area (Å²) in [6.45, 7) is 4.59. The van der Waals surface area contributed by atoms with Gasteiger partial charge in [0.05, 0.1) is 0 Å². The van der Waals surface area contributed by atoms with Crippen molar-refractivity contribution in [2.75, 3.05) is 18.4 Å². The molecule has 0 fully saturated rings. The van der Waals surface area contributed by atoms with Crippen LogP contribution in [-0.2, 0) is 35.3 Å². The van der Waals surface area contributed by atoms with E-state index in [1.54, 1.807) is 4.90 Å². The van der Waals surface area contributed by atoms with Gasteiger partial charge in [-0.25, -0.2) is 4.79 Å². The number of rotatable bonds is 6. The number of amides is 4. The molecular weight excluding hydrogens is 342 g/mol. The quantitative estimate of drug-likeness (QED) is 0.807. The van der Waals surface area contributed by atoms with Crippen LogP contribution in [0.2, 0.25) is 0 Å². The fourth-order valence-electron chi connectivity index (χ4n) is 4.27. The molecule has 0 heterocycles. The van der Waals surface area contributed by atoms with Gasteiger partial charge >= 0.3 is 6.03 Å². The number of hydrogen-bond donors (Lipinski definition) is 2. The molecule has 27 heavy (non-hydrogen) atoms. The number of carbonyl (C=O) groups excluding carboxylic acids is 3. The molecule has 0 atom stereocenters. The molecular formula is C21H29N3O3. The summed E-state index contributed by atoms with van der Waals surface area (Å²) in [5, 5.41) is 5.41. The number of fused-ring (bicyclic) bond motifs is 2. The van der Waals surface area contributed by atoms with E-state index >= 15 is 0 Å². The lowest BCUT2D eigenvalue weighted by molar-refractivity contribution is -0.129. The van der Waals surface area contributed by atoms with E-state index in [0.717, 1.165) is 44.2 Å². The van der Waals surface area contributed by atoms with Crippen molar-refractivity contribution in [3.63, 3.8) is 0 Å². The van der Waals surface area contributed by atoms with Gasteiger partial charge in [0.1, 0.15) is 0 Å². The van der Waals surface area contributed by atoms with Gasteiger partial charge in [-0.05, 0) is 74.1 Å². The van der Waals surface area contributed by atoms with Crippen molar-refractivity contribution in [1.29, 1.82) is 0 Å². The van der Waals surface area contributed by atoms with Crippen molar-refractivity contribution in [2.24, 2.45) is 0 Å². The lowest BCUT2D eigenvalue weighted by Crippen LogP contribution is -2.36. The summed E-state index contributed by atoms with van der Waals surface area (Å²) in [5.41, 5.74) is 6.13. The Morgan fingerprint density at radius 2 is 1.67 bits per heavy atom. The number of aryl methyl sites for hydroxylation is 2. The Labute approximate surface area is 160 Å². The van der Waals surface area contributed by atoms with Gasteiger partial charge in [-0.3, -0.25) is 14.9 Å². The Kier molecular flexibility index (Phi) is 6.14. The average Bonchev–Trinajstić information content (AvgIpc) is 3.27. The molecule has 0 radical (unpaired) electrons. The van der Waals surface area contributed by atoms with Crippen molar-refractivity contribution in [3.05, 3.63) is 28.3 Å². The molecule has 1 aromatic rings. The first-order valence-electron chi connectivity index (χ1n) is 10.0. The molecule has 6 heteroatoms. The highest BCUT2D eigenvalue weighted by atomic mass is 16.2. The Hall–Kier alpha value is -2.37. The zero-order valence-electron chi connectivity index (χ0n) is 16.3. The van der Waals surface area contributed by atoms with Crippen LogP contribution in [0.15, 0.2) is 6.07 Å². The summed E-state index contributed by atoms with van der Waals surface area (Å²) >= 11 is 0. The van der Waals surface area contributed by atoms with Crippen molar-refractivity contribution < 1.29 is 14.4 Å². The minimum absolute atomic E-state index is 0.00226. The normalized spacial score (nSPS) is 14.4. The Balaban J connectivity index is 1.56. The summed E-state index contributed by atoms with van der Waals surface area (Å²) in [7, 11) is 0. The monoisotopic (exact) mass is 371 g/mol. The molecule has 2 aliphatic rings. The first-order chi connectivity index (χ1) is 13.0. The molecule has 146 valence electrons. The summed E-state index contributed by atoms with van der Waals surface area (Å²) in [5.74, 6) is -0.307. The van der Waals surface area contributed by atoms with Crippen LogP contribution in [0.4, 0.5) is 10.5 Å². The minimum atomic E-state index is -0.451. The van der Waals surface area contributed by atoms with Crippen LogP contribution >= 0.6 is 0 Å². The molecule has 1 aromatic carbocycles. The van der Waals surface area contributed by atoms with Crippen molar-refractivity contribution in [1.82, 2.24) is 10.2 Å². The number of hydrogen-bond acceptors (Lipinski definition) is 3. The predicted octanol–water partition coefficient (Wildman–Crippen LogP) is 2.96. The summed E-state index contributed by atoms with van der Waals surface area (Å²) in [4.78, 5) is 37.5. The molecule has 0 bridgehead atoms. The van der Waals surface area contributed by atoms with Gasteiger partial charge < -0.3 is 10.2 Å². The zero-order valence-corrected chi connectivity index (χ0v) is 16.3. The largest absolute Gasteiger partial charge is 0.343 e. The lowest BCUT2D eigenvalue weighted by Gasteiger charge is -2.18. The van der Waals surface area contributed by atoms with Gasteiger partial charge in [-0.15, -0.1) is 0 Å². The van der Waals surface area contributed by atoms with Gasteiger partial charge in [-0.2, -0.15) is 0 Å². The smallest absolute Gasteiger partial charge is 0.325 e. The molecule has 3 rings (SSSR count). The van der Waals surface area contributed by atoms with Crippen LogP contribution in [-0.4, -0.2) is 35.8 Å². The molecule has 0 spiro atoms. The first kappa shape index (κ1) is 19.4. The maximum atomic E-state index is 12.4. The average molecular weight is 371 g/mol. The van der Waals surface area contributed by atoms with E-state index in [-0.39, 0.29) is 18.2 Å². The number of nitrogens with one attached hydrogen (secondary N) is 2. The Morgan fingerprint density at radius 3 is 2.22 bits per heavy atom. The van der Waals surface area contributed by atoms with Crippen LogP contribution in [0.25, 0.3) is 0 Å². The SMILES string of the molecule is CCN(CCCC(=O)NC(=O)Nc1c2c(cc3c1CCC3)CCC2)C(C)=O. The molecule has 2 N–H and O–H groups in total. The molecule has 6 nitrogen and oxygen atoms in total. The fraction of sp³-hybridized carbons (Fsp3) is 0.571. The molecule has 0 aromatic heterocycles. The third-order valence-corrected chi connectivity index (χ3v) is 5.62. The topological polar surface area (TPSA) is 78.5 Å². The number of imide groups is 1. The molecule has 2 aliphatic carbocycles. The molecule has 0 saturated carbocycles. The molecule has 0 unspecified atom stereocenters. The van der Waals surface area contributed by atoms with Crippen LogP contribution < -0.4 is 10.6 Å². The number of benzene rings is 1. The second-order valence-electron chi connectivity index (χ2n) is 7.44. The van der Waals surface area contributed by atoms with Crippen LogP contribution in [0, 0.1) is 0 Å². The fourth-order valence-corrected chi connectivity index (χ4v) is 4.27. The van der Waals surface area contributed by atoms with E-state index in [9.17, 15) is 14.4 Å². The Bertz CT molecular complexity index is 725. The highest BCUT2D eigenvalue weighted by Crippen LogP contribution is 2.38. The van der Waals surface area contributed by atoms with E-state index in [0.29, 0.717) is 19.5 Å². The first-order valence-corrected chi connectivity index (χ1v) is 10.0. The van der Waals surface area contributed by atoms with Gasteiger partial charge in [-0.1, -0.05) is 6.07 Å². The molecule has 0 saturated heterocycles. The number of urea groups is 1. The highest BCUT2D eigenvalue weighted by molar-refractivity contribution is 6.02. The van der Waals surface area contributed by atoms with Crippen molar-refractivity contribution >= 4 is 23.5 Å². The molecule has 4 amide bonds. The van der Waals surface area contributed by atoms with E-state index in [1.807, 2.05) is 6.92 Å². The van der Waals surface area contributed by atoms with Crippen molar-refractivity contribution in [3.8, 4) is 0 Å². The van der Waals surface area contributed by atoms with E-state index in [1.165, 1.54) is 29.2 Å². The van der Waals surface area contributed by atoms with Crippen LogP contribution in [0.1, 0.15) is 61.8 Å². The van der Waals surface area contributed by atoms with Gasteiger partial charge in [0.15, 0.2) is 0 Å². The van der Waals surface area contributed by atoms with Gasteiger partial charge in [0.2, 0.25) is 11.8 Å². The number of carbonyl (C=O) groups is 3. The number of nitrogens with zero attached hydrogens (tertiary/aromatic N) is 1. The van der Waals surface area contributed by atoms with Crippen molar-refractivity contribution in [2.45, 2.75) is 65.2 Å². The minimum Gasteiger partial charge on any atom is -0.343 e. The lowest BCUT2D eigenvalue weighted by atomic mass is 9.99. The van der Waals surface area contributed by atoms with Crippen LogP contribution in [0.3, 0.4) is 0 Å². The second kappa shape index (κ2) is 8.55. The second-order valence-corrected chi connectivity index (χ2v) is 7.44. The molecule has 0 aliphatic heterocycles. The van der Waals surface area contributed by atoms with Gasteiger partial charge in [0.25, 0.3) is 0 Å².